The van der Waals surface area contributed by atoms with Crippen LogP contribution in [-0.2, 0) is 10.0 Å². The first-order valence-electron chi connectivity index (χ1n) is 11.7. The van der Waals surface area contributed by atoms with Gasteiger partial charge in [-0.3, -0.25) is 4.79 Å². The lowest BCUT2D eigenvalue weighted by atomic mass is 10.1. The molecule has 0 amide bonds. The standard InChI is InChI=1S/C27H27N3O3S2/c1-19-5-14-24-26(17-19)34-27(29-24)21-6-10-22(11-7-21)28-18-25(31)20-8-12-23(13-9-20)35(32,33)30-15-3-2-4-16-30/h5-14,17,28H,2-4,15-16,18H2,1H3. The van der Waals surface area contributed by atoms with Gasteiger partial charge in [0.2, 0.25) is 10.0 Å². The number of anilines is 1. The van der Waals surface area contributed by atoms with Gasteiger partial charge in [0.15, 0.2) is 5.78 Å². The molecule has 1 aliphatic rings. The fourth-order valence-electron chi connectivity index (χ4n) is 4.24. The number of nitrogens with zero attached hydrogens (tertiary/aromatic N) is 2. The Kier molecular flexibility index (Phi) is 6.69. The van der Waals surface area contributed by atoms with Crippen LogP contribution >= 0.6 is 11.3 Å². The molecule has 0 bridgehead atoms. The molecule has 0 saturated carbocycles. The second-order valence-corrected chi connectivity index (χ2v) is 11.8. The molecule has 0 aliphatic carbocycles. The third-order valence-corrected chi connectivity index (χ3v) is 9.24. The molecule has 180 valence electrons. The third kappa shape index (κ3) is 5.15. The Balaban J connectivity index is 1.21. The van der Waals surface area contributed by atoms with Gasteiger partial charge >= 0.3 is 0 Å². The summed E-state index contributed by atoms with van der Waals surface area (Å²) in [5.74, 6) is -0.0995. The van der Waals surface area contributed by atoms with E-state index in [1.165, 1.54) is 26.7 Å². The van der Waals surface area contributed by atoms with E-state index in [-0.39, 0.29) is 17.2 Å². The van der Waals surface area contributed by atoms with Crippen LogP contribution in [0.2, 0.25) is 0 Å². The zero-order chi connectivity index (χ0) is 24.4. The number of carbonyl (C=O) groups is 1. The molecule has 1 saturated heterocycles. The quantitative estimate of drug-likeness (QED) is 0.324. The molecule has 0 spiro atoms. The summed E-state index contributed by atoms with van der Waals surface area (Å²) in [6.45, 7) is 3.32. The lowest BCUT2D eigenvalue weighted by molar-refractivity contribution is 0.101. The van der Waals surface area contributed by atoms with Crippen LogP contribution in [0.1, 0.15) is 35.2 Å². The second-order valence-electron chi connectivity index (χ2n) is 8.83. The van der Waals surface area contributed by atoms with Gasteiger partial charge in [0.25, 0.3) is 0 Å². The summed E-state index contributed by atoms with van der Waals surface area (Å²) in [5.41, 5.74) is 4.57. The van der Waals surface area contributed by atoms with E-state index < -0.39 is 10.0 Å². The first-order valence-corrected chi connectivity index (χ1v) is 14.0. The number of Topliss-reactive ketones (excluding diaryl/α,β-unsaturated/α-hetero) is 1. The number of piperidine rings is 1. The van der Waals surface area contributed by atoms with Crippen molar-refractivity contribution in [2.24, 2.45) is 0 Å². The van der Waals surface area contributed by atoms with Crippen molar-refractivity contribution >= 4 is 43.0 Å². The van der Waals surface area contributed by atoms with Crippen molar-refractivity contribution in [1.29, 1.82) is 0 Å². The van der Waals surface area contributed by atoms with Crippen LogP contribution in [0.25, 0.3) is 20.8 Å². The number of rotatable bonds is 7. The number of nitrogens with one attached hydrogen (secondary N) is 1. The third-order valence-electron chi connectivity index (χ3n) is 6.26. The van der Waals surface area contributed by atoms with Crippen LogP contribution in [0, 0.1) is 6.92 Å². The van der Waals surface area contributed by atoms with Crippen LogP contribution in [0.5, 0.6) is 0 Å². The first-order chi connectivity index (χ1) is 16.9. The molecule has 8 heteroatoms. The Morgan fingerprint density at radius 3 is 2.40 bits per heavy atom. The predicted octanol–water partition coefficient (Wildman–Crippen LogP) is 5.74. The van der Waals surface area contributed by atoms with Gasteiger partial charge in [0.05, 0.1) is 21.7 Å². The molecule has 1 N–H and O–H groups in total. The Hall–Kier alpha value is -3.07. The summed E-state index contributed by atoms with van der Waals surface area (Å²) in [4.78, 5) is 17.6. The monoisotopic (exact) mass is 505 g/mol. The summed E-state index contributed by atoms with van der Waals surface area (Å²) < 4.78 is 28.3. The summed E-state index contributed by atoms with van der Waals surface area (Å²) in [6, 6.07) is 20.4. The van der Waals surface area contributed by atoms with E-state index in [0.29, 0.717) is 18.7 Å². The minimum atomic E-state index is -3.50. The van der Waals surface area contributed by atoms with Crippen molar-refractivity contribution in [3.63, 3.8) is 0 Å². The van der Waals surface area contributed by atoms with E-state index in [4.69, 9.17) is 4.98 Å². The molecular weight excluding hydrogens is 478 g/mol. The molecule has 35 heavy (non-hydrogen) atoms. The summed E-state index contributed by atoms with van der Waals surface area (Å²) in [5, 5.41) is 4.12. The molecule has 6 nitrogen and oxygen atoms in total. The number of aromatic nitrogens is 1. The van der Waals surface area contributed by atoms with E-state index in [0.717, 1.165) is 41.0 Å². The molecule has 1 aliphatic heterocycles. The second kappa shape index (κ2) is 9.89. The average Bonchev–Trinajstić information content (AvgIpc) is 3.31. The van der Waals surface area contributed by atoms with Gasteiger partial charge in [-0.05, 0) is 86.0 Å². The Labute approximate surface area is 209 Å². The highest BCUT2D eigenvalue weighted by atomic mass is 32.2. The SMILES string of the molecule is Cc1ccc2nc(-c3ccc(NCC(=O)c4ccc(S(=O)(=O)N5CCCCC5)cc4)cc3)sc2c1. The molecule has 2 heterocycles. The van der Waals surface area contributed by atoms with Gasteiger partial charge < -0.3 is 5.32 Å². The maximum absolute atomic E-state index is 12.8. The Morgan fingerprint density at radius 2 is 1.69 bits per heavy atom. The maximum atomic E-state index is 12.8. The molecule has 4 aromatic rings. The Bertz CT molecular complexity index is 1450. The molecule has 0 unspecified atom stereocenters. The minimum Gasteiger partial charge on any atom is -0.378 e. The number of benzene rings is 3. The van der Waals surface area contributed by atoms with Crippen LogP contribution in [0.4, 0.5) is 5.69 Å². The smallest absolute Gasteiger partial charge is 0.243 e. The van der Waals surface area contributed by atoms with Crippen molar-refractivity contribution in [2.45, 2.75) is 31.1 Å². The fourth-order valence-corrected chi connectivity index (χ4v) is 6.82. The van der Waals surface area contributed by atoms with E-state index in [9.17, 15) is 13.2 Å². The number of ketones is 1. The number of fused-ring (bicyclic) bond motifs is 1. The summed E-state index contributed by atoms with van der Waals surface area (Å²) in [7, 11) is -3.50. The van der Waals surface area contributed by atoms with Gasteiger partial charge in [0, 0.05) is 29.9 Å². The topological polar surface area (TPSA) is 79.4 Å². The molecule has 0 radical (unpaired) electrons. The number of hydrogen-bond donors (Lipinski definition) is 1. The molecule has 0 atom stereocenters. The van der Waals surface area contributed by atoms with Gasteiger partial charge in [-0.15, -0.1) is 11.3 Å². The number of aryl methyl sites for hydroxylation is 1. The average molecular weight is 506 g/mol. The number of carbonyl (C=O) groups excluding carboxylic acids is 1. The number of thiazole rings is 1. The van der Waals surface area contributed by atoms with Crippen molar-refractivity contribution in [3.05, 3.63) is 77.9 Å². The molecular formula is C27H27N3O3S2. The van der Waals surface area contributed by atoms with Crippen LogP contribution in [0.3, 0.4) is 0 Å². The lowest BCUT2D eigenvalue weighted by Crippen LogP contribution is -2.35. The van der Waals surface area contributed by atoms with Gasteiger partial charge in [0.1, 0.15) is 5.01 Å². The van der Waals surface area contributed by atoms with Crippen molar-refractivity contribution in [1.82, 2.24) is 9.29 Å². The Morgan fingerprint density at radius 1 is 0.971 bits per heavy atom. The van der Waals surface area contributed by atoms with Gasteiger partial charge in [-0.1, -0.05) is 12.5 Å². The molecule has 5 rings (SSSR count). The largest absolute Gasteiger partial charge is 0.378 e. The summed E-state index contributed by atoms with van der Waals surface area (Å²) >= 11 is 1.67. The van der Waals surface area contributed by atoms with E-state index in [1.807, 2.05) is 30.3 Å². The van der Waals surface area contributed by atoms with E-state index >= 15 is 0 Å². The van der Waals surface area contributed by atoms with E-state index in [2.05, 4.69) is 24.4 Å². The number of hydrogen-bond acceptors (Lipinski definition) is 6. The molecule has 1 aromatic heterocycles. The number of sulfonamides is 1. The van der Waals surface area contributed by atoms with Gasteiger partial charge in [-0.2, -0.15) is 4.31 Å². The highest BCUT2D eigenvalue weighted by Crippen LogP contribution is 2.31. The normalized spacial score (nSPS) is 14.8. The van der Waals surface area contributed by atoms with Crippen LogP contribution in [0.15, 0.2) is 71.6 Å². The minimum absolute atomic E-state index is 0.0995. The van der Waals surface area contributed by atoms with E-state index in [1.54, 1.807) is 23.5 Å². The molecule has 3 aromatic carbocycles. The summed E-state index contributed by atoms with van der Waals surface area (Å²) in [6.07, 6.45) is 2.85. The van der Waals surface area contributed by atoms with Crippen LogP contribution < -0.4 is 5.32 Å². The zero-order valence-electron chi connectivity index (χ0n) is 19.5. The van der Waals surface area contributed by atoms with Crippen molar-refractivity contribution in [2.75, 3.05) is 25.0 Å². The van der Waals surface area contributed by atoms with Crippen LogP contribution in [-0.4, -0.2) is 43.1 Å². The van der Waals surface area contributed by atoms with Crippen molar-refractivity contribution in [3.8, 4) is 10.6 Å². The van der Waals surface area contributed by atoms with Crippen molar-refractivity contribution < 1.29 is 13.2 Å². The fraction of sp³-hybridized carbons (Fsp3) is 0.259. The molecule has 1 fully saturated rings. The zero-order valence-corrected chi connectivity index (χ0v) is 21.2. The highest BCUT2D eigenvalue weighted by molar-refractivity contribution is 7.89. The maximum Gasteiger partial charge on any atom is 0.243 e. The highest BCUT2D eigenvalue weighted by Gasteiger charge is 2.25. The predicted molar refractivity (Wildman–Crippen MR) is 142 cm³/mol. The van der Waals surface area contributed by atoms with Gasteiger partial charge in [-0.25, -0.2) is 13.4 Å². The first kappa shape index (κ1) is 23.7. The lowest BCUT2D eigenvalue weighted by Gasteiger charge is -2.25.